The van der Waals surface area contributed by atoms with Crippen molar-refractivity contribution >= 4 is 11.6 Å². The number of anilines is 1. The molecular formula is C22H25N3O. The van der Waals surface area contributed by atoms with E-state index in [2.05, 4.69) is 34.5 Å². The maximum Gasteiger partial charge on any atom is 0.224 e. The Kier molecular flexibility index (Phi) is 5.91. The molecule has 0 bridgehead atoms. The lowest BCUT2D eigenvalue weighted by Gasteiger charge is -2.32. The van der Waals surface area contributed by atoms with E-state index in [0.717, 1.165) is 18.7 Å². The van der Waals surface area contributed by atoms with E-state index in [1.165, 1.54) is 30.5 Å². The van der Waals surface area contributed by atoms with Crippen molar-refractivity contribution in [3.63, 3.8) is 0 Å². The molecule has 1 aliphatic heterocycles. The highest BCUT2D eigenvalue weighted by molar-refractivity contribution is 5.79. The number of piperidine rings is 1. The molecule has 0 radical (unpaired) electrons. The van der Waals surface area contributed by atoms with Crippen molar-refractivity contribution in [2.24, 2.45) is 0 Å². The molecular weight excluding hydrogens is 322 g/mol. The highest BCUT2D eigenvalue weighted by atomic mass is 16.1. The van der Waals surface area contributed by atoms with E-state index in [1.807, 2.05) is 25.1 Å². The van der Waals surface area contributed by atoms with E-state index in [1.54, 1.807) is 12.1 Å². The summed E-state index contributed by atoms with van der Waals surface area (Å²) in [5.74, 6) is -0.00402. The first-order valence-corrected chi connectivity index (χ1v) is 9.29. The molecule has 0 aliphatic carbocycles. The van der Waals surface area contributed by atoms with Crippen molar-refractivity contribution in [2.75, 3.05) is 18.0 Å². The van der Waals surface area contributed by atoms with E-state index in [-0.39, 0.29) is 11.9 Å². The normalized spacial score (nSPS) is 15.2. The molecule has 1 amide bonds. The summed E-state index contributed by atoms with van der Waals surface area (Å²) in [6.07, 6.45) is 4.08. The molecule has 4 nitrogen and oxygen atoms in total. The van der Waals surface area contributed by atoms with Crippen LogP contribution in [0.2, 0.25) is 0 Å². The maximum absolute atomic E-state index is 12.4. The molecule has 4 heteroatoms. The molecule has 1 N–H and O–H groups in total. The summed E-state index contributed by atoms with van der Waals surface area (Å²) in [4.78, 5) is 14.9. The van der Waals surface area contributed by atoms with E-state index < -0.39 is 0 Å². The first-order valence-electron chi connectivity index (χ1n) is 9.29. The van der Waals surface area contributed by atoms with E-state index in [0.29, 0.717) is 12.0 Å². The Bertz CT molecular complexity index is 786. The third kappa shape index (κ3) is 4.43. The lowest BCUT2D eigenvalue weighted by molar-refractivity contribution is -0.121. The summed E-state index contributed by atoms with van der Waals surface area (Å²) in [6.45, 7) is 4.21. The van der Waals surface area contributed by atoms with Crippen molar-refractivity contribution in [3.8, 4) is 6.07 Å². The molecule has 1 fully saturated rings. The second-order valence-corrected chi connectivity index (χ2v) is 6.88. The fourth-order valence-corrected chi connectivity index (χ4v) is 3.53. The van der Waals surface area contributed by atoms with Crippen LogP contribution >= 0.6 is 0 Å². The standard InChI is InChI=1S/C22H25N3O/c1-17(24-22(26)15-18-9-11-19(16-23)12-10-18)20-7-3-4-8-21(20)25-13-5-2-6-14-25/h3-4,7-12,17H,2,5-6,13-15H2,1H3,(H,24,26). The Hall–Kier alpha value is -2.80. The number of carbonyl (C=O) groups is 1. The Balaban J connectivity index is 1.66. The van der Waals surface area contributed by atoms with Gasteiger partial charge in [0.05, 0.1) is 24.1 Å². The van der Waals surface area contributed by atoms with Gasteiger partial charge in [-0.05, 0) is 55.5 Å². The topological polar surface area (TPSA) is 56.1 Å². The SMILES string of the molecule is CC(NC(=O)Cc1ccc(C#N)cc1)c1ccccc1N1CCCCC1. The van der Waals surface area contributed by atoms with Crippen LogP contribution in [0.1, 0.15) is 48.9 Å². The third-order valence-corrected chi connectivity index (χ3v) is 4.93. The molecule has 0 aromatic heterocycles. The van der Waals surface area contributed by atoms with Gasteiger partial charge in [-0.25, -0.2) is 0 Å². The molecule has 134 valence electrons. The number of nitrogens with zero attached hydrogens (tertiary/aromatic N) is 2. The molecule has 1 heterocycles. The molecule has 2 aromatic rings. The van der Waals surface area contributed by atoms with Crippen LogP contribution in [0.5, 0.6) is 0 Å². The van der Waals surface area contributed by atoms with Crippen LogP contribution in [0.25, 0.3) is 0 Å². The minimum Gasteiger partial charge on any atom is -0.371 e. The first-order chi connectivity index (χ1) is 12.7. The van der Waals surface area contributed by atoms with Gasteiger partial charge in [0.15, 0.2) is 0 Å². The maximum atomic E-state index is 12.4. The Morgan fingerprint density at radius 1 is 1.12 bits per heavy atom. The minimum absolute atomic E-state index is 0.00402. The number of amides is 1. The van der Waals surface area contributed by atoms with Crippen LogP contribution in [-0.2, 0) is 11.2 Å². The largest absolute Gasteiger partial charge is 0.371 e. The smallest absolute Gasteiger partial charge is 0.224 e. The van der Waals surface area contributed by atoms with Crippen molar-refractivity contribution in [3.05, 3.63) is 65.2 Å². The van der Waals surface area contributed by atoms with Gasteiger partial charge >= 0.3 is 0 Å². The number of carbonyl (C=O) groups excluding carboxylic acids is 1. The minimum atomic E-state index is -0.0426. The van der Waals surface area contributed by atoms with Crippen LogP contribution in [0.4, 0.5) is 5.69 Å². The van der Waals surface area contributed by atoms with Gasteiger partial charge in [-0.2, -0.15) is 5.26 Å². The average molecular weight is 347 g/mol. The summed E-state index contributed by atoms with van der Waals surface area (Å²) in [5, 5.41) is 12.0. The zero-order chi connectivity index (χ0) is 18.4. The summed E-state index contributed by atoms with van der Waals surface area (Å²) in [6, 6.07) is 17.6. The number of nitrogens with one attached hydrogen (secondary N) is 1. The fourth-order valence-electron chi connectivity index (χ4n) is 3.53. The number of hydrogen-bond acceptors (Lipinski definition) is 3. The zero-order valence-electron chi connectivity index (χ0n) is 15.2. The molecule has 0 saturated carbocycles. The van der Waals surface area contributed by atoms with Crippen LogP contribution < -0.4 is 10.2 Å². The van der Waals surface area contributed by atoms with Crippen LogP contribution in [0, 0.1) is 11.3 Å². The highest BCUT2D eigenvalue weighted by Gasteiger charge is 2.18. The quantitative estimate of drug-likeness (QED) is 0.890. The Morgan fingerprint density at radius 3 is 2.50 bits per heavy atom. The van der Waals surface area contributed by atoms with E-state index >= 15 is 0 Å². The zero-order valence-corrected chi connectivity index (χ0v) is 15.2. The first kappa shape index (κ1) is 18.0. The summed E-state index contributed by atoms with van der Waals surface area (Å²) in [7, 11) is 0. The van der Waals surface area contributed by atoms with Gasteiger partial charge in [-0.15, -0.1) is 0 Å². The van der Waals surface area contributed by atoms with Crippen molar-refractivity contribution < 1.29 is 4.79 Å². The fraction of sp³-hybridized carbons (Fsp3) is 0.364. The van der Waals surface area contributed by atoms with E-state index in [4.69, 9.17) is 5.26 Å². The van der Waals surface area contributed by atoms with Gasteiger partial charge in [0.1, 0.15) is 0 Å². The number of para-hydroxylation sites is 1. The number of hydrogen-bond donors (Lipinski definition) is 1. The molecule has 1 atom stereocenters. The van der Waals surface area contributed by atoms with Gasteiger partial charge in [-0.1, -0.05) is 30.3 Å². The number of nitriles is 1. The lowest BCUT2D eigenvalue weighted by Crippen LogP contribution is -2.33. The number of rotatable bonds is 5. The lowest BCUT2D eigenvalue weighted by atomic mass is 10.0. The molecule has 1 unspecified atom stereocenters. The summed E-state index contributed by atoms with van der Waals surface area (Å²) >= 11 is 0. The Labute approximate surface area is 155 Å². The molecule has 26 heavy (non-hydrogen) atoms. The second-order valence-electron chi connectivity index (χ2n) is 6.88. The van der Waals surface area contributed by atoms with Gasteiger partial charge in [0, 0.05) is 18.8 Å². The summed E-state index contributed by atoms with van der Waals surface area (Å²) in [5.41, 5.74) is 3.93. The predicted octanol–water partition coefficient (Wildman–Crippen LogP) is 3.97. The molecule has 1 saturated heterocycles. The molecule has 2 aromatic carbocycles. The van der Waals surface area contributed by atoms with Crippen molar-refractivity contribution in [1.82, 2.24) is 5.32 Å². The second kappa shape index (κ2) is 8.53. The molecule has 0 spiro atoms. The predicted molar refractivity (Wildman–Crippen MR) is 104 cm³/mol. The van der Waals surface area contributed by atoms with Gasteiger partial charge in [0.25, 0.3) is 0 Å². The average Bonchev–Trinajstić information content (AvgIpc) is 2.69. The number of benzene rings is 2. The highest BCUT2D eigenvalue weighted by Crippen LogP contribution is 2.28. The summed E-state index contributed by atoms with van der Waals surface area (Å²) < 4.78 is 0. The molecule has 3 rings (SSSR count). The molecule has 1 aliphatic rings. The van der Waals surface area contributed by atoms with Crippen molar-refractivity contribution in [2.45, 2.75) is 38.6 Å². The van der Waals surface area contributed by atoms with Gasteiger partial charge in [-0.3, -0.25) is 4.79 Å². The van der Waals surface area contributed by atoms with Crippen LogP contribution in [0.3, 0.4) is 0 Å². The monoisotopic (exact) mass is 347 g/mol. The van der Waals surface area contributed by atoms with Crippen LogP contribution in [-0.4, -0.2) is 19.0 Å². The van der Waals surface area contributed by atoms with E-state index in [9.17, 15) is 4.79 Å². The van der Waals surface area contributed by atoms with Crippen molar-refractivity contribution in [1.29, 1.82) is 5.26 Å². The van der Waals surface area contributed by atoms with Gasteiger partial charge in [0.2, 0.25) is 5.91 Å². The van der Waals surface area contributed by atoms with Gasteiger partial charge < -0.3 is 10.2 Å². The Morgan fingerprint density at radius 2 is 1.81 bits per heavy atom. The van der Waals surface area contributed by atoms with Crippen LogP contribution in [0.15, 0.2) is 48.5 Å². The third-order valence-electron chi connectivity index (χ3n) is 4.93.